The van der Waals surface area contributed by atoms with Crippen LogP contribution in [-0.2, 0) is 16.1 Å². The topological polar surface area (TPSA) is 76.5 Å². The van der Waals surface area contributed by atoms with Gasteiger partial charge in [-0.1, -0.05) is 0 Å². The zero-order valence-corrected chi connectivity index (χ0v) is 11.7. The highest BCUT2D eigenvalue weighted by Gasteiger charge is 2.16. The minimum Gasteiger partial charge on any atom is -0.378 e. The summed E-state index contributed by atoms with van der Waals surface area (Å²) in [5.41, 5.74) is -0.158. The Kier molecular flexibility index (Phi) is 5.11. The number of aromatic nitrogens is 2. The van der Waals surface area contributed by atoms with Gasteiger partial charge < -0.3 is 19.5 Å². The van der Waals surface area contributed by atoms with Crippen LogP contribution in [0.25, 0.3) is 0 Å². The zero-order valence-electron chi connectivity index (χ0n) is 11.7. The van der Waals surface area contributed by atoms with Crippen molar-refractivity contribution in [1.82, 2.24) is 14.5 Å². The normalized spacial score (nSPS) is 15.2. The van der Waals surface area contributed by atoms with E-state index in [2.05, 4.69) is 10.3 Å². The van der Waals surface area contributed by atoms with E-state index in [0.717, 1.165) is 0 Å². The van der Waals surface area contributed by atoms with Crippen molar-refractivity contribution in [2.75, 3.05) is 38.2 Å². The average Bonchev–Trinajstić information content (AvgIpc) is 2.49. The van der Waals surface area contributed by atoms with Crippen molar-refractivity contribution in [1.29, 1.82) is 0 Å². The number of amides is 1. The molecule has 0 unspecified atom stereocenters. The van der Waals surface area contributed by atoms with Gasteiger partial charge in [-0.15, -0.1) is 0 Å². The number of nitrogens with zero attached hydrogens (tertiary/aromatic N) is 3. The minimum absolute atomic E-state index is 0.0764. The molecule has 0 radical (unpaired) electrons. The molecule has 110 valence electrons. The number of aryl methyl sites for hydroxylation is 1. The lowest BCUT2D eigenvalue weighted by Gasteiger charge is -2.26. The van der Waals surface area contributed by atoms with Gasteiger partial charge in [-0.3, -0.25) is 9.59 Å². The second-order valence-corrected chi connectivity index (χ2v) is 4.54. The Morgan fingerprint density at radius 3 is 2.90 bits per heavy atom. The molecule has 0 saturated carbocycles. The van der Waals surface area contributed by atoms with Crippen molar-refractivity contribution in [2.45, 2.75) is 19.9 Å². The molecule has 1 N–H and O–H groups in total. The summed E-state index contributed by atoms with van der Waals surface area (Å²) in [6.07, 6.45) is 3.57. The smallest absolute Gasteiger partial charge is 0.293 e. The predicted molar refractivity (Wildman–Crippen MR) is 74.7 cm³/mol. The Bertz CT molecular complexity index is 509. The molecule has 20 heavy (non-hydrogen) atoms. The van der Waals surface area contributed by atoms with E-state index < -0.39 is 0 Å². The highest BCUT2D eigenvalue weighted by molar-refractivity contribution is 5.76. The number of morpholine rings is 1. The van der Waals surface area contributed by atoms with Crippen molar-refractivity contribution in [2.24, 2.45) is 0 Å². The largest absolute Gasteiger partial charge is 0.378 e. The van der Waals surface area contributed by atoms with Gasteiger partial charge in [0, 0.05) is 45.0 Å². The second-order valence-electron chi connectivity index (χ2n) is 4.54. The summed E-state index contributed by atoms with van der Waals surface area (Å²) in [5.74, 6) is 0.372. The van der Waals surface area contributed by atoms with Crippen molar-refractivity contribution in [3.63, 3.8) is 0 Å². The summed E-state index contributed by atoms with van der Waals surface area (Å²) in [5, 5.41) is 2.93. The summed E-state index contributed by atoms with van der Waals surface area (Å²) < 4.78 is 6.77. The fourth-order valence-electron chi connectivity index (χ4n) is 2.08. The van der Waals surface area contributed by atoms with Crippen molar-refractivity contribution in [3.05, 3.63) is 22.7 Å². The highest BCUT2D eigenvalue weighted by Crippen LogP contribution is 2.01. The van der Waals surface area contributed by atoms with Gasteiger partial charge in [0.15, 0.2) is 5.82 Å². The van der Waals surface area contributed by atoms with Crippen LogP contribution in [-0.4, -0.2) is 53.2 Å². The standard InChI is InChI=1S/C13H20N4O3/c1-2-16-6-5-15-12(13(16)19)14-4-3-11(18)17-7-9-20-10-8-17/h5-6H,2-4,7-10H2,1H3,(H,14,15). The van der Waals surface area contributed by atoms with Gasteiger partial charge in [0.1, 0.15) is 0 Å². The molecule has 0 spiro atoms. The van der Waals surface area contributed by atoms with Crippen LogP contribution in [0.2, 0.25) is 0 Å². The molecule has 1 fully saturated rings. The lowest BCUT2D eigenvalue weighted by Crippen LogP contribution is -2.41. The first-order valence-electron chi connectivity index (χ1n) is 6.87. The van der Waals surface area contributed by atoms with E-state index in [1.54, 1.807) is 21.9 Å². The molecule has 1 aliphatic rings. The predicted octanol–water partition coefficient (Wildman–Crippen LogP) is -0.0760. The van der Waals surface area contributed by atoms with Crippen LogP contribution in [0.5, 0.6) is 0 Å². The van der Waals surface area contributed by atoms with E-state index in [1.165, 1.54) is 0 Å². The molecule has 1 saturated heterocycles. The molecular formula is C13H20N4O3. The first-order chi connectivity index (χ1) is 9.72. The molecule has 0 aliphatic carbocycles. The third-order valence-electron chi connectivity index (χ3n) is 3.25. The van der Waals surface area contributed by atoms with Gasteiger partial charge in [0.25, 0.3) is 5.56 Å². The van der Waals surface area contributed by atoms with E-state index in [4.69, 9.17) is 4.74 Å². The fraction of sp³-hybridized carbons (Fsp3) is 0.615. The molecule has 2 rings (SSSR count). The molecule has 7 nitrogen and oxygen atoms in total. The van der Waals surface area contributed by atoms with Gasteiger partial charge in [-0.05, 0) is 6.92 Å². The van der Waals surface area contributed by atoms with Crippen LogP contribution in [0.1, 0.15) is 13.3 Å². The number of rotatable bonds is 5. The number of nitrogens with one attached hydrogen (secondary N) is 1. The van der Waals surface area contributed by atoms with Crippen LogP contribution < -0.4 is 10.9 Å². The Hall–Kier alpha value is -1.89. The van der Waals surface area contributed by atoms with Crippen molar-refractivity contribution < 1.29 is 9.53 Å². The third kappa shape index (κ3) is 3.57. The Labute approximate surface area is 117 Å². The van der Waals surface area contributed by atoms with Gasteiger partial charge in [0.05, 0.1) is 13.2 Å². The van der Waals surface area contributed by atoms with Crippen molar-refractivity contribution >= 4 is 11.7 Å². The summed E-state index contributed by atoms with van der Waals surface area (Å²) in [6.45, 7) is 5.39. The lowest BCUT2D eigenvalue weighted by molar-refractivity contribution is -0.134. The number of hydrogen-bond donors (Lipinski definition) is 1. The van der Waals surface area contributed by atoms with Crippen LogP contribution in [0.4, 0.5) is 5.82 Å². The van der Waals surface area contributed by atoms with E-state index in [9.17, 15) is 9.59 Å². The number of carbonyl (C=O) groups excluding carboxylic acids is 1. The van der Waals surface area contributed by atoms with Crippen LogP contribution in [0.3, 0.4) is 0 Å². The first-order valence-corrected chi connectivity index (χ1v) is 6.87. The monoisotopic (exact) mass is 280 g/mol. The van der Waals surface area contributed by atoms with E-state index >= 15 is 0 Å². The number of hydrogen-bond acceptors (Lipinski definition) is 5. The lowest BCUT2D eigenvalue weighted by atomic mass is 10.3. The van der Waals surface area contributed by atoms with E-state index in [0.29, 0.717) is 51.6 Å². The number of ether oxygens (including phenoxy) is 1. The third-order valence-corrected chi connectivity index (χ3v) is 3.25. The molecule has 7 heteroatoms. The maximum atomic E-state index is 11.9. The molecule has 0 bridgehead atoms. The van der Waals surface area contributed by atoms with Gasteiger partial charge in [0.2, 0.25) is 5.91 Å². The number of carbonyl (C=O) groups is 1. The quantitative estimate of drug-likeness (QED) is 0.816. The Balaban J connectivity index is 1.83. The van der Waals surface area contributed by atoms with E-state index in [-0.39, 0.29) is 11.5 Å². The highest BCUT2D eigenvalue weighted by atomic mass is 16.5. The fourth-order valence-corrected chi connectivity index (χ4v) is 2.08. The maximum Gasteiger partial charge on any atom is 0.293 e. The number of anilines is 1. The van der Waals surface area contributed by atoms with Crippen LogP contribution >= 0.6 is 0 Å². The summed E-state index contributed by atoms with van der Waals surface area (Å²) in [4.78, 5) is 29.6. The molecule has 1 aromatic rings. The molecule has 0 aromatic carbocycles. The van der Waals surface area contributed by atoms with E-state index in [1.807, 2.05) is 6.92 Å². The summed E-state index contributed by atoms with van der Waals surface area (Å²) in [7, 11) is 0. The SMILES string of the molecule is CCn1ccnc(NCCC(=O)N2CCOCC2)c1=O. The van der Waals surface area contributed by atoms with Crippen LogP contribution in [0.15, 0.2) is 17.2 Å². The van der Waals surface area contributed by atoms with Gasteiger partial charge in [-0.2, -0.15) is 0 Å². The molecule has 1 aromatic heterocycles. The zero-order chi connectivity index (χ0) is 14.4. The molecule has 2 heterocycles. The first kappa shape index (κ1) is 14.5. The van der Waals surface area contributed by atoms with Crippen LogP contribution in [0, 0.1) is 0 Å². The molecule has 1 aliphatic heterocycles. The Morgan fingerprint density at radius 1 is 1.45 bits per heavy atom. The van der Waals surface area contributed by atoms with Gasteiger partial charge in [-0.25, -0.2) is 4.98 Å². The van der Waals surface area contributed by atoms with Crippen molar-refractivity contribution in [3.8, 4) is 0 Å². The maximum absolute atomic E-state index is 11.9. The van der Waals surface area contributed by atoms with Gasteiger partial charge >= 0.3 is 0 Å². The minimum atomic E-state index is -0.158. The molecular weight excluding hydrogens is 260 g/mol. The summed E-state index contributed by atoms with van der Waals surface area (Å²) >= 11 is 0. The molecule has 1 amide bonds. The Morgan fingerprint density at radius 2 is 2.20 bits per heavy atom. The average molecular weight is 280 g/mol. The second kappa shape index (κ2) is 7.04. The summed E-state index contributed by atoms with van der Waals surface area (Å²) in [6, 6.07) is 0. The molecule has 0 atom stereocenters.